The van der Waals surface area contributed by atoms with Crippen LogP contribution in [0.1, 0.15) is 11.3 Å². The number of hydrogen-bond acceptors (Lipinski definition) is 4. The summed E-state index contributed by atoms with van der Waals surface area (Å²) in [4.78, 5) is 27.0. The summed E-state index contributed by atoms with van der Waals surface area (Å²) in [6.45, 7) is 0. The highest BCUT2D eigenvalue weighted by molar-refractivity contribution is 5.68. The highest BCUT2D eigenvalue weighted by Gasteiger charge is 2.01. The van der Waals surface area contributed by atoms with Crippen molar-refractivity contribution in [1.82, 2.24) is 9.97 Å². The molecular formula is C12H9N3O3. The first-order valence-electron chi connectivity index (χ1n) is 5.13. The summed E-state index contributed by atoms with van der Waals surface area (Å²) >= 11 is 0. The fraction of sp³-hybridized carbons (Fsp3) is 0. The molecule has 6 heteroatoms. The van der Waals surface area contributed by atoms with Crippen molar-refractivity contribution in [2.45, 2.75) is 0 Å². The second kappa shape index (κ2) is 5.05. The molecule has 0 radical (unpaired) electrons. The molecule has 0 saturated carbocycles. The SMILES string of the molecule is O=c1nccc(C=Cc2ccc([N+](=O)[O-])cc2)[nH]1. The molecule has 2 aromatic rings. The van der Waals surface area contributed by atoms with Gasteiger partial charge >= 0.3 is 5.69 Å². The average molecular weight is 243 g/mol. The van der Waals surface area contributed by atoms with Gasteiger partial charge in [-0.2, -0.15) is 0 Å². The van der Waals surface area contributed by atoms with Crippen LogP contribution in [0.25, 0.3) is 12.2 Å². The van der Waals surface area contributed by atoms with Gasteiger partial charge < -0.3 is 4.98 Å². The van der Waals surface area contributed by atoms with E-state index in [4.69, 9.17) is 0 Å². The van der Waals surface area contributed by atoms with Crippen molar-refractivity contribution in [3.05, 3.63) is 68.4 Å². The lowest BCUT2D eigenvalue weighted by molar-refractivity contribution is -0.384. The number of nitro benzene ring substituents is 1. The first-order valence-corrected chi connectivity index (χ1v) is 5.13. The maximum atomic E-state index is 10.9. The van der Waals surface area contributed by atoms with Gasteiger partial charge in [0, 0.05) is 24.0 Å². The van der Waals surface area contributed by atoms with Crippen molar-refractivity contribution in [1.29, 1.82) is 0 Å². The highest BCUT2D eigenvalue weighted by Crippen LogP contribution is 2.13. The molecule has 6 nitrogen and oxygen atoms in total. The number of aromatic amines is 1. The van der Waals surface area contributed by atoms with Crippen LogP contribution in [-0.4, -0.2) is 14.9 Å². The predicted octanol–water partition coefficient (Wildman–Crippen LogP) is 1.85. The number of non-ortho nitro benzene ring substituents is 1. The number of H-pyrrole nitrogens is 1. The Morgan fingerprint density at radius 3 is 2.50 bits per heavy atom. The van der Waals surface area contributed by atoms with Crippen molar-refractivity contribution in [3.63, 3.8) is 0 Å². The number of nitro groups is 1. The molecule has 1 aromatic carbocycles. The predicted molar refractivity (Wildman–Crippen MR) is 66.9 cm³/mol. The summed E-state index contributed by atoms with van der Waals surface area (Å²) in [5.74, 6) is 0. The van der Waals surface area contributed by atoms with Crippen molar-refractivity contribution < 1.29 is 4.92 Å². The third-order valence-corrected chi connectivity index (χ3v) is 2.26. The van der Waals surface area contributed by atoms with Crippen LogP contribution in [0.2, 0.25) is 0 Å². The first-order chi connectivity index (χ1) is 8.65. The van der Waals surface area contributed by atoms with Gasteiger partial charge in [0.2, 0.25) is 0 Å². The van der Waals surface area contributed by atoms with Gasteiger partial charge in [-0.1, -0.05) is 6.08 Å². The van der Waals surface area contributed by atoms with Gasteiger partial charge in [0.25, 0.3) is 5.69 Å². The quantitative estimate of drug-likeness (QED) is 0.658. The molecule has 2 rings (SSSR count). The molecule has 0 unspecified atom stereocenters. The van der Waals surface area contributed by atoms with E-state index < -0.39 is 10.6 Å². The van der Waals surface area contributed by atoms with E-state index in [0.29, 0.717) is 5.69 Å². The summed E-state index contributed by atoms with van der Waals surface area (Å²) < 4.78 is 0. The lowest BCUT2D eigenvalue weighted by Gasteiger charge is -1.94. The standard InChI is InChI=1S/C12H9N3O3/c16-12-13-8-7-10(14-12)4-1-9-2-5-11(6-3-9)15(17)18/h1-8H,(H,13,14,16). The molecule has 0 saturated heterocycles. The van der Waals surface area contributed by atoms with E-state index in [2.05, 4.69) is 9.97 Å². The van der Waals surface area contributed by atoms with Crippen LogP contribution in [-0.2, 0) is 0 Å². The van der Waals surface area contributed by atoms with E-state index in [1.807, 2.05) is 0 Å². The Balaban J connectivity index is 2.19. The number of nitrogens with one attached hydrogen (secondary N) is 1. The topological polar surface area (TPSA) is 88.9 Å². The lowest BCUT2D eigenvalue weighted by Crippen LogP contribution is -2.09. The Kier molecular flexibility index (Phi) is 3.29. The van der Waals surface area contributed by atoms with Crippen molar-refractivity contribution in [2.75, 3.05) is 0 Å². The number of nitrogens with zero attached hydrogens (tertiary/aromatic N) is 2. The lowest BCUT2D eigenvalue weighted by atomic mass is 10.2. The summed E-state index contributed by atoms with van der Waals surface area (Å²) in [5.41, 5.74) is 1.05. The Morgan fingerprint density at radius 2 is 1.89 bits per heavy atom. The number of rotatable bonds is 3. The molecule has 0 aliphatic carbocycles. The van der Waals surface area contributed by atoms with E-state index in [0.717, 1.165) is 5.56 Å². The number of aromatic nitrogens is 2. The maximum absolute atomic E-state index is 10.9. The summed E-state index contributed by atoms with van der Waals surface area (Å²) in [6.07, 6.45) is 4.85. The third kappa shape index (κ3) is 2.88. The van der Waals surface area contributed by atoms with E-state index in [9.17, 15) is 14.9 Å². The van der Waals surface area contributed by atoms with Crippen LogP contribution in [0.3, 0.4) is 0 Å². The molecule has 0 fully saturated rings. The molecule has 0 aliphatic rings. The van der Waals surface area contributed by atoms with Crippen molar-refractivity contribution in [2.24, 2.45) is 0 Å². The zero-order valence-corrected chi connectivity index (χ0v) is 9.24. The molecule has 0 amide bonds. The molecule has 1 aromatic heterocycles. The third-order valence-electron chi connectivity index (χ3n) is 2.26. The molecule has 0 spiro atoms. The van der Waals surface area contributed by atoms with Crippen molar-refractivity contribution in [3.8, 4) is 0 Å². The van der Waals surface area contributed by atoms with Crippen molar-refractivity contribution >= 4 is 17.8 Å². The average Bonchev–Trinajstić information content (AvgIpc) is 2.37. The van der Waals surface area contributed by atoms with Crippen LogP contribution in [0, 0.1) is 10.1 Å². The highest BCUT2D eigenvalue weighted by atomic mass is 16.6. The van der Waals surface area contributed by atoms with Gasteiger partial charge in [0.15, 0.2) is 0 Å². The summed E-state index contributed by atoms with van der Waals surface area (Å²) in [5, 5.41) is 10.5. The minimum Gasteiger partial charge on any atom is -0.306 e. The Labute approximate surface area is 102 Å². The zero-order valence-electron chi connectivity index (χ0n) is 9.24. The first kappa shape index (κ1) is 11.7. The second-order valence-corrected chi connectivity index (χ2v) is 3.51. The zero-order chi connectivity index (χ0) is 13.0. The van der Waals surface area contributed by atoms with E-state index in [1.165, 1.54) is 18.3 Å². The van der Waals surface area contributed by atoms with Crippen LogP contribution < -0.4 is 5.69 Å². The van der Waals surface area contributed by atoms with Gasteiger partial charge in [-0.25, -0.2) is 9.78 Å². The van der Waals surface area contributed by atoms with E-state index >= 15 is 0 Å². The fourth-order valence-corrected chi connectivity index (χ4v) is 1.37. The van der Waals surface area contributed by atoms with Gasteiger partial charge in [-0.15, -0.1) is 0 Å². The Morgan fingerprint density at radius 1 is 1.17 bits per heavy atom. The maximum Gasteiger partial charge on any atom is 0.345 e. The molecule has 1 N–H and O–H groups in total. The summed E-state index contributed by atoms with van der Waals surface area (Å²) in [7, 11) is 0. The van der Waals surface area contributed by atoms with E-state index in [-0.39, 0.29) is 5.69 Å². The fourth-order valence-electron chi connectivity index (χ4n) is 1.37. The van der Waals surface area contributed by atoms with Crippen LogP contribution in [0.5, 0.6) is 0 Å². The van der Waals surface area contributed by atoms with Gasteiger partial charge in [-0.3, -0.25) is 10.1 Å². The smallest absolute Gasteiger partial charge is 0.306 e. The molecule has 0 bridgehead atoms. The monoisotopic (exact) mass is 243 g/mol. The Bertz CT molecular complexity index is 644. The number of hydrogen-bond donors (Lipinski definition) is 1. The van der Waals surface area contributed by atoms with Crippen LogP contribution >= 0.6 is 0 Å². The molecule has 18 heavy (non-hydrogen) atoms. The van der Waals surface area contributed by atoms with E-state index in [1.54, 1.807) is 30.4 Å². The van der Waals surface area contributed by atoms with Gasteiger partial charge in [0.05, 0.1) is 4.92 Å². The molecule has 0 aliphatic heterocycles. The van der Waals surface area contributed by atoms with Crippen LogP contribution in [0.4, 0.5) is 5.69 Å². The molecular weight excluding hydrogens is 234 g/mol. The minimum absolute atomic E-state index is 0.0458. The largest absolute Gasteiger partial charge is 0.345 e. The van der Waals surface area contributed by atoms with Gasteiger partial charge in [-0.05, 0) is 29.8 Å². The molecule has 1 heterocycles. The van der Waals surface area contributed by atoms with Gasteiger partial charge in [0.1, 0.15) is 0 Å². The second-order valence-electron chi connectivity index (χ2n) is 3.51. The normalized spacial score (nSPS) is 10.7. The Hall–Kier alpha value is -2.76. The molecule has 0 atom stereocenters. The molecule has 90 valence electrons. The van der Waals surface area contributed by atoms with Crippen LogP contribution in [0.15, 0.2) is 41.3 Å². The number of benzene rings is 1. The summed E-state index contributed by atoms with van der Waals surface area (Å²) in [6, 6.07) is 7.77. The minimum atomic E-state index is -0.451.